The minimum Gasteiger partial charge on any atom is -0.507 e. The topological polar surface area (TPSA) is 100 Å². The number of nitrogens with zero attached hydrogens (tertiary/aromatic N) is 1. The highest BCUT2D eigenvalue weighted by Gasteiger charge is 2.46. The third-order valence-electron chi connectivity index (χ3n) is 5.37. The number of amides is 1. The maximum Gasteiger partial charge on any atom is 0.296 e. The highest BCUT2D eigenvalue weighted by molar-refractivity contribution is 6.46. The molecule has 7 heteroatoms. The number of ether oxygens (including phenoxy) is 1. The van der Waals surface area contributed by atoms with E-state index in [1.165, 1.54) is 17.2 Å². The molecule has 0 aliphatic carbocycles. The first kappa shape index (κ1) is 21.2. The van der Waals surface area contributed by atoms with Gasteiger partial charge in [0, 0.05) is 5.56 Å². The van der Waals surface area contributed by atoms with E-state index in [-0.39, 0.29) is 29.4 Å². The molecule has 4 rings (SSSR count). The van der Waals surface area contributed by atoms with Gasteiger partial charge in [0.15, 0.2) is 11.5 Å². The van der Waals surface area contributed by atoms with Gasteiger partial charge in [0.25, 0.3) is 11.7 Å². The first-order valence-electron chi connectivity index (χ1n) is 10.2. The Morgan fingerprint density at radius 1 is 1.12 bits per heavy atom. The average molecular weight is 433 g/mol. The molecule has 1 atom stereocenters. The number of likely N-dealkylation sites (tertiary alicyclic amines) is 1. The summed E-state index contributed by atoms with van der Waals surface area (Å²) >= 11 is 0. The number of aliphatic hydroxyl groups is 1. The minimum atomic E-state index is -0.888. The van der Waals surface area contributed by atoms with Gasteiger partial charge in [-0.25, -0.2) is 0 Å². The number of carbonyl (C=O) groups excluding carboxylic acids is 2. The number of Topliss-reactive ketones (excluding diaryl/α,β-unsaturated/α-hetero) is 1. The Balaban J connectivity index is 1.88. The molecule has 0 unspecified atom stereocenters. The first-order valence-corrected chi connectivity index (χ1v) is 10.2. The van der Waals surface area contributed by atoms with Gasteiger partial charge < -0.3 is 24.3 Å². The summed E-state index contributed by atoms with van der Waals surface area (Å²) < 4.78 is 10.9. The van der Waals surface area contributed by atoms with Crippen molar-refractivity contribution in [3.8, 4) is 11.5 Å². The lowest BCUT2D eigenvalue weighted by atomic mass is 9.94. The largest absolute Gasteiger partial charge is 0.507 e. The predicted octanol–water partition coefficient (Wildman–Crippen LogP) is 4.31. The first-order chi connectivity index (χ1) is 15.4. The number of phenols is 1. The molecule has 0 spiro atoms. The predicted molar refractivity (Wildman–Crippen MR) is 117 cm³/mol. The number of hydrogen-bond acceptors (Lipinski definition) is 6. The molecule has 1 aliphatic rings. The van der Waals surface area contributed by atoms with E-state index in [2.05, 4.69) is 0 Å². The number of aromatic hydroxyl groups is 1. The van der Waals surface area contributed by atoms with Crippen LogP contribution >= 0.6 is 0 Å². The van der Waals surface area contributed by atoms with Crippen molar-refractivity contribution in [2.24, 2.45) is 0 Å². The van der Waals surface area contributed by atoms with Crippen molar-refractivity contribution in [3.63, 3.8) is 0 Å². The van der Waals surface area contributed by atoms with Crippen LogP contribution in [0.4, 0.5) is 0 Å². The zero-order valence-electron chi connectivity index (χ0n) is 17.7. The molecule has 0 bridgehead atoms. The molecule has 0 radical (unpaired) electrons. The molecule has 1 fully saturated rings. The number of furan rings is 1. The van der Waals surface area contributed by atoms with Crippen LogP contribution in [0.2, 0.25) is 0 Å². The van der Waals surface area contributed by atoms with Gasteiger partial charge in [-0.05, 0) is 43.7 Å². The van der Waals surface area contributed by atoms with E-state index in [0.29, 0.717) is 23.5 Å². The number of aliphatic hydroxyl groups excluding tert-OH is 1. The van der Waals surface area contributed by atoms with E-state index in [1.54, 1.807) is 43.3 Å². The summed E-state index contributed by atoms with van der Waals surface area (Å²) in [6.07, 6.45) is 1.49. The number of rotatable bonds is 6. The molecule has 0 saturated carbocycles. The molecule has 7 nitrogen and oxygen atoms in total. The summed E-state index contributed by atoms with van der Waals surface area (Å²) in [6, 6.07) is 14.2. The molecule has 1 aliphatic heterocycles. The summed E-state index contributed by atoms with van der Waals surface area (Å²) in [5, 5.41) is 21.2. The Bertz CT molecular complexity index is 1180. The summed E-state index contributed by atoms with van der Waals surface area (Å²) in [6.45, 7) is 4.06. The molecule has 32 heavy (non-hydrogen) atoms. The Kier molecular flexibility index (Phi) is 5.73. The maximum atomic E-state index is 13.1. The highest BCUT2D eigenvalue weighted by atomic mass is 16.5. The summed E-state index contributed by atoms with van der Waals surface area (Å²) in [7, 11) is 0. The monoisotopic (exact) mass is 433 g/mol. The number of benzene rings is 2. The van der Waals surface area contributed by atoms with Gasteiger partial charge >= 0.3 is 0 Å². The van der Waals surface area contributed by atoms with E-state index < -0.39 is 17.7 Å². The number of ketones is 1. The van der Waals surface area contributed by atoms with Crippen LogP contribution < -0.4 is 4.74 Å². The molecule has 2 N–H and O–H groups in total. The number of hydrogen-bond donors (Lipinski definition) is 2. The number of aryl methyl sites for hydroxylation is 1. The quantitative estimate of drug-likeness (QED) is 0.341. The Morgan fingerprint density at radius 3 is 2.53 bits per heavy atom. The maximum absolute atomic E-state index is 13.1. The average Bonchev–Trinajstić information content (AvgIpc) is 3.38. The van der Waals surface area contributed by atoms with Crippen LogP contribution in [0.3, 0.4) is 0 Å². The van der Waals surface area contributed by atoms with E-state index in [9.17, 15) is 19.8 Å². The molecule has 2 aromatic carbocycles. The van der Waals surface area contributed by atoms with Gasteiger partial charge in [0.05, 0.1) is 31.0 Å². The lowest BCUT2D eigenvalue weighted by Gasteiger charge is -2.25. The van der Waals surface area contributed by atoms with Crippen LogP contribution in [0.15, 0.2) is 70.9 Å². The van der Waals surface area contributed by atoms with Gasteiger partial charge in [-0.2, -0.15) is 0 Å². The van der Waals surface area contributed by atoms with Crippen LogP contribution in [0.1, 0.15) is 35.4 Å². The van der Waals surface area contributed by atoms with Crippen molar-refractivity contribution in [1.82, 2.24) is 4.90 Å². The van der Waals surface area contributed by atoms with Crippen LogP contribution in [-0.4, -0.2) is 33.4 Å². The number of phenolic OH excluding ortho intramolecular Hbond substituents is 1. The van der Waals surface area contributed by atoms with Crippen molar-refractivity contribution in [2.45, 2.75) is 26.4 Å². The molecular formula is C25H23NO6. The molecule has 1 saturated heterocycles. The molecule has 1 amide bonds. The van der Waals surface area contributed by atoms with Crippen molar-refractivity contribution >= 4 is 17.4 Å². The SMILES string of the molecule is CCOc1cc([C@H]2C(=C(O)c3ccc(C)cc3)C(=O)C(=O)N2Cc2ccco2)ccc1O. The smallest absolute Gasteiger partial charge is 0.296 e. The van der Waals surface area contributed by atoms with E-state index >= 15 is 0 Å². The Morgan fingerprint density at radius 2 is 1.88 bits per heavy atom. The van der Waals surface area contributed by atoms with E-state index in [4.69, 9.17) is 9.15 Å². The van der Waals surface area contributed by atoms with Crippen molar-refractivity contribution in [3.05, 3.63) is 88.9 Å². The lowest BCUT2D eigenvalue weighted by molar-refractivity contribution is -0.140. The van der Waals surface area contributed by atoms with Crippen molar-refractivity contribution in [2.75, 3.05) is 6.61 Å². The fourth-order valence-electron chi connectivity index (χ4n) is 3.80. The second-order valence-corrected chi connectivity index (χ2v) is 7.53. The summed E-state index contributed by atoms with van der Waals surface area (Å²) in [5.41, 5.74) is 1.92. The fourth-order valence-corrected chi connectivity index (χ4v) is 3.80. The minimum absolute atomic E-state index is 0.0291. The molecule has 164 valence electrons. The zero-order chi connectivity index (χ0) is 22.8. The summed E-state index contributed by atoms with van der Waals surface area (Å²) in [4.78, 5) is 27.4. The van der Waals surface area contributed by atoms with Gasteiger partial charge in [-0.1, -0.05) is 35.9 Å². The van der Waals surface area contributed by atoms with Crippen LogP contribution in [0.25, 0.3) is 5.76 Å². The van der Waals surface area contributed by atoms with Gasteiger partial charge in [0.1, 0.15) is 11.5 Å². The third-order valence-corrected chi connectivity index (χ3v) is 5.37. The van der Waals surface area contributed by atoms with E-state index in [1.807, 2.05) is 19.1 Å². The third kappa shape index (κ3) is 3.85. The van der Waals surface area contributed by atoms with Gasteiger partial charge in [-0.15, -0.1) is 0 Å². The molecule has 3 aromatic rings. The van der Waals surface area contributed by atoms with Gasteiger partial charge in [0.2, 0.25) is 0 Å². The second-order valence-electron chi connectivity index (χ2n) is 7.53. The normalized spacial score (nSPS) is 17.7. The lowest BCUT2D eigenvalue weighted by Crippen LogP contribution is -2.29. The van der Waals surface area contributed by atoms with Crippen molar-refractivity contribution in [1.29, 1.82) is 0 Å². The second kappa shape index (κ2) is 8.63. The van der Waals surface area contributed by atoms with E-state index in [0.717, 1.165) is 5.56 Å². The highest BCUT2D eigenvalue weighted by Crippen LogP contribution is 2.42. The van der Waals surface area contributed by atoms with Crippen LogP contribution in [-0.2, 0) is 16.1 Å². The van der Waals surface area contributed by atoms with Gasteiger partial charge in [-0.3, -0.25) is 9.59 Å². The standard InChI is InChI=1S/C25H23NO6/c1-3-31-20-13-17(10-11-19(20)27)22-21(23(28)16-8-6-15(2)7-9-16)24(29)25(30)26(22)14-18-5-4-12-32-18/h4-13,22,27-28H,3,14H2,1-2H3/t22-/m0/s1. The number of carbonyl (C=O) groups is 2. The Labute approximate surface area is 185 Å². The van der Waals surface area contributed by atoms with Crippen molar-refractivity contribution < 1.29 is 29.0 Å². The molecule has 1 aromatic heterocycles. The zero-order valence-corrected chi connectivity index (χ0v) is 17.7. The molecule has 2 heterocycles. The molecular weight excluding hydrogens is 410 g/mol. The fraction of sp³-hybridized carbons (Fsp3) is 0.200. The Hall–Kier alpha value is -4.00. The summed E-state index contributed by atoms with van der Waals surface area (Å²) in [5.74, 6) is -1.13. The van der Waals surface area contributed by atoms with Crippen LogP contribution in [0, 0.1) is 6.92 Å². The van der Waals surface area contributed by atoms with Crippen LogP contribution in [0.5, 0.6) is 11.5 Å².